The summed E-state index contributed by atoms with van der Waals surface area (Å²) in [6.07, 6.45) is 0. The van der Waals surface area contributed by atoms with Gasteiger partial charge in [0.15, 0.2) is 5.82 Å². The highest BCUT2D eigenvalue weighted by atomic mass is 35.5. The first-order valence-corrected chi connectivity index (χ1v) is 9.23. The molecule has 126 valence electrons. The predicted molar refractivity (Wildman–Crippen MR) is 99.9 cm³/mol. The zero-order valence-corrected chi connectivity index (χ0v) is 15.2. The fourth-order valence-electron chi connectivity index (χ4n) is 2.36. The van der Waals surface area contributed by atoms with Gasteiger partial charge in [-0.15, -0.1) is 10.2 Å². The smallest absolute Gasteiger partial charge is 0.212 e. The molecule has 0 radical (unpaired) electrons. The van der Waals surface area contributed by atoms with Crippen LogP contribution in [-0.4, -0.2) is 26.3 Å². The predicted octanol–water partition coefficient (Wildman–Crippen LogP) is 4.52. The Hall–Kier alpha value is -2.02. The zero-order valence-electron chi connectivity index (χ0n) is 12.9. The van der Waals surface area contributed by atoms with Crippen molar-refractivity contribution in [2.45, 2.75) is 11.8 Å². The van der Waals surface area contributed by atoms with Crippen molar-refractivity contribution in [3.63, 3.8) is 0 Å². The Bertz CT molecular complexity index is 943. The number of rotatable bonds is 4. The Labute approximate surface area is 158 Å². The molecule has 0 amide bonds. The van der Waals surface area contributed by atoms with E-state index < -0.39 is 0 Å². The van der Waals surface area contributed by atoms with Gasteiger partial charge in [-0.05, 0) is 23.8 Å². The molecule has 2 heterocycles. The average Bonchev–Trinajstić information content (AvgIpc) is 3.04. The van der Waals surface area contributed by atoms with Crippen molar-refractivity contribution in [2.75, 3.05) is 5.75 Å². The second-order valence-corrected chi connectivity index (χ2v) is 7.06. The third kappa shape index (κ3) is 3.51. The van der Waals surface area contributed by atoms with E-state index in [2.05, 4.69) is 15.3 Å². The SMILES string of the molecule is Clc1ccc(OCc2nnc3n2N=C(c2ccccc2)CS3)c(Cl)c1. The molecule has 2 aromatic carbocycles. The summed E-state index contributed by atoms with van der Waals surface area (Å²) >= 11 is 13.6. The van der Waals surface area contributed by atoms with E-state index in [9.17, 15) is 0 Å². The lowest BCUT2D eigenvalue weighted by Gasteiger charge is -2.14. The Balaban J connectivity index is 1.58. The van der Waals surface area contributed by atoms with Crippen LogP contribution in [0.3, 0.4) is 0 Å². The van der Waals surface area contributed by atoms with Crippen LogP contribution in [0, 0.1) is 0 Å². The lowest BCUT2D eigenvalue weighted by molar-refractivity contribution is 0.290. The van der Waals surface area contributed by atoms with Crippen LogP contribution in [0.1, 0.15) is 11.4 Å². The Morgan fingerprint density at radius 1 is 1.08 bits per heavy atom. The van der Waals surface area contributed by atoms with Crippen LogP contribution in [0.5, 0.6) is 5.75 Å². The summed E-state index contributed by atoms with van der Waals surface area (Å²) < 4.78 is 7.47. The van der Waals surface area contributed by atoms with E-state index in [0.717, 1.165) is 22.2 Å². The maximum Gasteiger partial charge on any atom is 0.212 e. The largest absolute Gasteiger partial charge is 0.484 e. The number of thioether (sulfide) groups is 1. The first-order chi connectivity index (χ1) is 12.2. The summed E-state index contributed by atoms with van der Waals surface area (Å²) in [6.45, 7) is 0.209. The number of hydrogen-bond acceptors (Lipinski definition) is 5. The third-order valence-electron chi connectivity index (χ3n) is 3.59. The second-order valence-electron chi connectivity index (χ2n) is 5.28. The molecule has 0 bridgehead atoms. The number of hydrogen-bond donors (Lipinski definition) is 0. The highest BCUT2D eigenvalue weighted by Gasteiger charge is 2.20. The van der Waals surface area contributed by atoms with Gasteiger partial charge in [0.05, 0.1) is 10.7 Å². The van der Waals surface area contributed by atoms with Gasteiger partial charge < -0.3 is 4.74 Å². The zero-order chi connectivity index (χ0) is 17.2. The quantitative estimate of drug-likeness (QED) is 0.656. The summed E-state index contributed by atoms with van der Waals surface area (Å²) in [4.78, 5) is 0. The molecule has 5 nitrogen and oxygen atoms in total. The minimum atomic E-state index is 0.209. The van der Waals surface area contributed by atoms with Gasteiger partial charge in [-0.25, -0.2) is 0 Å². The van der Waals surface area contributed by atoms with Crippen molar-refractivity contribution < 1.29 is 4.74 Å². The molecule has 0 N–H and O–H groups in total. The molecule has 1 aliphatic rings. The van der Waals surface area contributed by atoms with Gasteiger partial charge in [-0.1, -0.05) is 65.3 Å². The average molecular weight is 391 g/mol. The number of ether oxygens (including phenoxy) is 1. The van der Waals surface area contributed by atoms with E-state index in [-0.39, 0.29) is 6.61 Å². The number of halogens is 2. The highest BCUT2D eigenvalue weighted by Crippen LogP contribution is 2.29. The lowest BCUT2D eigenvalue weighted by Crippen LogP contribution is -2.15. The summed E-state index contributed by atoms with van der Waals surface area (Å²) in [7, 11) is 0. The van der Waals surface area contributed by atoms with Crippen LogP contribution in [0.4, 0.5) is 0 Å². The second kappa shape index (κ2) is 7.07. The Kier molecular flexibility index (Phi) is 4.65. The van der Waals surface area contributed by atoms with E-state index >= 15 is 0 Å². The van der Waals surface area contributed by atoms with Crippen LogP contribution in [0.25, 0.3) is 0 Å². The topological polar surface area (TPSA) is 52.3 Å². The summed E-state index contributed by atoms with van der Waals surface area (Å²) in [6, 6.07) is 15.2. The summed E-state index contributed by atoms with van der Waals surface area (Å²) in [5.41, 5.74) is 2.06. The van der Waals surface area contributed by atoms with Crippen LogP contribution >= 0.6 is 35.0 Å². The number of nitrogens with zero attached hydrogens (tertiary/aromatic N) is 4. The molecule has 0 saturated heterocycles. The Morgan fingerprint density at radius 2 is 1.92 bits per heavy atom. The summed E-state index contributed by atoms with van der Waals surface area (Å²) in [5, 5.41) is 14.8. The highest BCUT2D eigenvalue weighted by molar-refractivity contribution is 7.99. The molecule has 0 fully saturated rings. The molecule has 0 atom stereocenters. The van der Waals surface area contributed by atoms with Crippen LogP contribution in [0.15, 0.2) is 58.8 Å². The van der Waals surface area contributed by atoms with E-state index in [4.69, 9.17) is 27.9 Å². The molecule has 25 heavy (non-hydrogen) atoms. The minimum Gasteiger partial charge on any atom is -0.484 e. The van der Waals surface area contributed by atoms with Gasteiger partial charge in [-0.2, -0.15) is 9.78 Å². The molecule has 1 aromatic heterocycles. The lowest BCUT2D eigenvalue weighted by atomic mass is 10.1. The number of benzene rings is 2. The first kappa shape index (κ1) is 16.4. The molecule has 1 aliphatic heterocycles. The fraction of sp³-hybridized carbons (Fsp3) is 0.118. The molecular formula is C17H12Cl2N4OS. The molecular weight excluding hydrogens is 379 g/mol. The van der Waals surface area contributed by atoms with Crippen molar-refractivity contribution in [1.82, 2.24) is 14.9 Å². The van der Waals surface area contributed by atoms with Gasteiger partial charge in [0, 0.05) is 10.8 Å². The Morgan fingerprint density at radius 3 is 2.72 bits per heavy atom. The number of aromatic nitrogens is 3. The number of fused-ring (bicyclic) bond motifs is 1. The third-order valence-corrected chi connectivity index (χ3v) is 5.05. The molecule has 0 saturated carbocycles. The van der Waals surface area contributed by atoms with E-state index in [0.29, 0.717) is 21.6 Å². The van der Waals surface area contributed by atoms with Crippen molar-refractivity contribution in [3.05, 3.63) is 70.0 Å². The van der Waals surface area contributed by atoms with Gasteiger partial charge in [-0.3, -0.25) is 0 Å². The molecule has 8 heteroatoms. The van der Waals surface area contributed by atoms with Gasteiger partial charge in [0.2, 0.25) is 5.16 Å². The van der Waals surface area contributed by atoms with Crippen molar-refractivity contribution >= 4 is 40.7 Å². The molecule has 3 aromatic rings. The standard InChI is InChI=1S/C17H12Cl2N4OS/c18-12-6-7-15(13(19)8-12)24-9-16-20-21-17-23(16)22-14(10-25-17)11-4-2-1-3-5-11/h1-8H,9-10H2. The fourth-order valence-corrected chi connectivity index (χ4v) is 3.69. The van der Waals surface area contributed by atoms with Crippen LogP contribution in [-0.2, 0) is 6.61 Å². The van der Waals surface area contributed by atoms with Gasteiger partial charge >= 0.3 is 0 Å². The van der Waals surface area contributed by atoms with E-state index in [1.54, 1.807) is 34.6 Å². The molecule has 0 unspecified atom stereocenters. The van der Waals surface area contributed by atoms with E-state index in [1.807, 2.05) is 30.3 Å². The molecule has 4 rings (SSSR count). The van der Waals surface area contributed by atoms with Crippen LogP contribution < -0.4 is 4.74 Å². The monoisotopic (exact) mass is 390 g/mol. The molecule has 0 aliphatic carbocycles. The van der Waals surface area contributed by atoms with E-state index in [1.165, 1.54) is 0 Å². The maximum absolute atomic E-state index is 6.13. The molecule has 0 spiro atoms. The summed E-state index contributed by atoms with van der Waals surface area (Å²) in [5.74, 6) is 1.91. The van der Waals surface area contributed by atoms with Crippen molar-refractivity contribution in [2.24, 2.45) is 5.10 Å². The maximum atomic E-state index is 6.13. The first-order valence-electron chi connectivity index (χ1n) is 7.49. The minimum absolute atomic E-state index is 0.209. The van der Waals surface area contributed by atoms with Crippen molar-refractivity contribution in [3.8, 4) is 5.75 Å². The van der Waals surface area contributed by atoms with Gasteiger partial charge in [0.1, 0.15) is 12.4 Å². The van der Waals surface area contributed by atoms with Gasteiger partial charge in [0.25, 0.3) is 0 Å². The normalized spacial score (nSPS) is 13.3. The van der Waals surface area contributed by atoms with Crippen molar-refractivity contribution in [1.29, 1.82) is 0 Å². The van der Waals surface area contributed by atoms with Crippen LogP contribution in [0.2, 0.25) is 10.0 Å².